The van der Waals surface area contributed by atoms with Crippen molar-refractivity contribution in [2.45, 2.75) is 45.4 Å². The molecule has 1 aliphatic carbocycles. The van der Waals surface area contributed by atoms with Gasteiger partial charge in [0.15, 0.2) is 0 Å². The zero-order chi connectivity index (χ0) is 13.5. The summed E-state index contributed by atoms with van der Waals surface area (Å²) < 4.78 is 0. The summed E-state index contributed by atoms with van der Waals surface area (Å²) in [7, 11) is 0. The average Bonchev–Trinajstić information content (AvgIpc) is 2.48. The fraction of sp³-hybridized carbons (Fsp3) is 0.812. The minimum absolute atomic E-state index is 0.248. The SMILES string of the molecule is CCCN(CC1CCNCC1)C(=O)C1CC=CCC1. The number of amides is 1. The lowest BCUT2D eigenvalue weighted by Crippen LogP contribution is -2.42. The number of hydrogen-bond acceptors (Lipinski definition) is 2. The van der Waals surface area contributed by atoms with Gasteiger partial charge in [-0.1, -0.05) is 19.1 Å². The molecule has 3 heteroatoms. The lowest BCUT2D eigenvalue weighted by atomic mass is 9.91. The van der Waals surface area contributed by atoms with Gasteiger partial charge in [0.25, 0.3) is 0 Å². The Hall–Kier alpha value is -0.830. The summed E-state index contributed by atoms with van der Waals surface area (Å²) >= 11 is 0. The van der Waals surface area contributed by atoms with Crippen molar-refractivity contribution in [3.63, 3.8) is 0 Å². The van der Waals surface area contributed by atoms with Crippen LogP contribution >= 0.6 is 0 Å². The van der Waals surface area contributed by atoms with Gasteiger partial charge in [0.2, 0.25) is 5.91 Å². The third kappa shape index (κ3) is 4.34. The second-order valence-electron chi connectivity index (χ2n) is 5.96. The molecular formula is C16H28N2O. The Kier molecular flexibility index (Phi) is 5.90. The maximum Gasteiger partial charge on any atom is 0.226 e. The Morgan fingerprint density at radius 1 is 1.26 bits per heavy atom. The van der Waals surface area contributed by atoms with Crippen LogP contribution in [0.25, 0.3) is 0 Å². The molecular weight excluding hydrogens is 236 g/mol. The number of carbonyl (C=O) groups is 1. The normalized spacial score (nSPS) is 24.4. The molecule has 2 rings (SSSR count). The molecule has 1 amide bonds. The lowest BCUT2D eigenvalue weighted by molar-refractivity contribution is -0.136. The van der Waals surface area contributed by atoms with Gasteiger partial charge in [0.1, 0.15) is 0 Å². The van der Waals surface area contributed by atoms with E-state index in [1.54, 1.807) is 0 Å². The fourth-order valence-corrected chi connectivity index (χ4v) is 3.21. The van der Waals surface area contributed by atoms with E-state index in [2.05, 4.69) is 29.3 Å². The fourth-order valence-electron chi connectivity index (χ4n) is 3.21. The summed E-state index contributed by atoms with van der Waals surface area (Å²) in [5.74, 6) is 1.36. The Balaban J connectivity index is 1.89. The number of nitrogens with one attached hydrogen (secondary N) is 1. The van der Waals surface area contributed by atoms with E-state index in [0.717, 1.165) is 51.9 Å². The van der Waals surface area contributed by atoms with Crippen molar-refractivity contribution in [1.29, 1.82) is 0 Å². The van der Waals surface area contributed by atoms with E-state index in [1.165, 1.54) is 12.8 Å². The van der Waals surface area contributed by atoms with Gasteiger partial charge in [0.05, 0.1) is 0 Å². The van der Waals surface area contributed by atoms with Gasteiger partial charge < -0.3 is 10.2 Å². The first-order chi connectivity index (χ1) is 9.31. The van der Waals surface area contributed by atoms with E-state index in [0.29, 0.717) is 11.8 Å². The van der Waals surface area contributed by atoms with Crippen molar-refractivity contribution in [3.05, 3.63) is 12.2 Å². The van der Waals surface area contributed by atoms with E-state index >= 15 is 0 Å². The Morgan fingerprint density at radius 3 is 2.68 bits per heavy atom. The van der Waals surface area contributed by atoms with Crippen LogP contribution in [0.3, 0.4) is 0 Å². The number of carbonyl (C=O) groups excluding carboxylic acids is 1. The van der Waals surface area contributed by atoms with E-state index in [4.69, 9.17) is 0 Å². The average molecular weight is 264 g/mol. The predicted molar refractivity (Wildman–Crippen MR) is 78.9 cm³/mol. The zero-order valence-electron chi connectivity index (χ0n) is 12.2. The van der Waals surface area contributed by atoms with E-state index < -0.39 is 0 Å². The third-order valence-electron chi connectivity index (χ3n) is 4.36. The molecule has 1 fully saturated rings. The van der Waals surface area contributed by atoms with E-state index in [9.17, 15) is 4.79 Å². The van der Waals surface area contributed by atoms with Crippen molar-refractivity contribution < 1.29 is 4.79 Å². The first-order valence-electron chi connectivity index (χ1n) is 7.95. The smallest absolute Gasteiger partial charge is 0.226 e. The van der Waals surface area contributed by atoms with Gasteiger partial charge in [0, 0.05) is 19.0 Å². The van der Waals surface area contributed by atoms with Crippen molar-refractivity contribution in [2.75, 3.05) is 26.2 Å². The molecule has 1 heterocycles. The molecule has 0 bridgehead atoms. The van der Waals surface area contributed by atoms with Crippen LogP contribution in [-0.2, 0) is 4.79 Å². The van der Waals surface area contributed by atoms with Gasteiger partial charge in [-0.2, -0.15) is 0 Å². The highest BCUT2D eigenvalue weighted by Crippen LogP contribution is 2.22. The van der Waals surface area contributed by atoms with Crippen molar-refractivity contribution >= 4 is 5.91 Å². The predicted octanol–water partition coefficient (Wildman–Crippen LogP) is 2.58. The summed E-state index contributed by atoms with van der Waals surface area (Å²) in [6, 6.07) is 0. The van der Waals surface area contributed by atoms with Crippen LogP contribution in [0.15, 0.2) is 12.2 Å². The van der Waals surface area contributed by atoms with Crippen molar-refractivity contribution in [1.82, 2.24) is 10.2 Å². The maximum atomic E-state index is 12.6. The molecule has 0 aromatic heterocycles. The highest BCUT2D eigenvalue weighted by Gasteiger charge is 2.26. The van der Waals surface area contributed by atoms with Gasteiger partial charge in [-0.15, -0.1) is 0 Å². The third-order valence-corrected chi connectivity index (χ3v) is 4.36. The molecule has 0 aromatic carbocycles. The molecule has 0 spiro atoms. The molecule has 1 aliphatic heterocycles. The summed E-state index contributed by atoms with van der Waals surface area (Å²) in [6.45, 7) is 6.32. The molecule has 1 atom stereocenters. The number of hydrogen-bond donors (Lipinski definition) is 1. The molecule has 1 saturated heterocycles. The first-order valence-corrected chi connectivity index (χ1v) is 7.95. The Morgan fingerprint density at radius 2 is 2.05 bits per heavy atom. The number of nitrogens with zero attached hydrogens (tertiary/aromatic N) is 1. The lowest BCUT2D eigenvalue weighted by Gasteiger charge is -2.32. The molecule has 3 nitrogen and oxygen atoms in total. The Labute approximate surface area is 117 Å². The summed E-state index contributed by atoms with van der Waals surface area (Å²) in [5, 5.41) is 3.40. The largest absolute Gasteiger partial charge is 0.342 e. The highest BCUT2D eigenvalue weighted by atomic mass is 16.2. The second kappa shape index (κ2) is 7.68. The van der Waals surface area contributed by atoms with Crippen LogP contribution in [0.5, 0.6) is 0 Å². The minimum atomic E-state index is 0.248. The summed E-state index contributed by atoms with van der Waals surface area (Å²) in [5.41, 5.74) is 0. The van der Waals surface area contributed by atoms with E-state index in [1.807, 2.05) is 0 Å². The molecule has 19 heavy (non-hydrogen) atoms. The monoisotopic (exact) mass is 264 g/mol. The zero-order valence-corrected chi connectivity index (χ0v) is 12.2. The molecule has 2 aliphatic rings. The molecule has 0 saturated carbocycles. The number of allylic oxidation sites excluding steroid dienone is 2. The first kappa shape index (κ1) is 14.6. The van der Waals surface area contributed by atoms with Crippen LogP contribution < -0.4 is 5.32 Å². The standard InChI is InChI=1S/C16H28N2O/c1-2-12-18(13-14-8-10-17-11-9-14)16(19)15-6-4-3-5-7-15/h3-4,14-15,17H,2,5-13H2,1H3. The molecule has 1 unspecified atom stereocenters. The van der Waals surface area contributed by atoms with Crippen LogP contribution in [0.2, 0.25) is 0 Å². The summed E-state index contributed by atoms with van der Waals surface area (Å²) in [6.07, 6.45) is 11.0. The highest BCUT2D eigenvalue weighted by molar-refractivity contribution is 5.79. The topological polar surface area (TPSA) is 32.3 Å². The number of rotatable bonds is 5. The van der Waals surface area contributed by atoms with Crippen LogP contribution in [0, 0.1) is 11.8 Å². The van der Waals surface area contributed by atoms with Gasteiger partial charge in [-0.25, -0.2) is 0 Å². The van der Waals surface area contributed by atoms with E-state index in [-0.39, 0.29) is 5.92 Å². The van der Waals surface area contributed by atoms with Crippen LogP contribution in [0.1, 0.15) is 45.4 Å². The van der Waals surface area contributed by atoms with Gasteiger partial charge in [-0.3, -0.25) is 4.79 Å². The van der Waals surface area contributed by atoms with Crippen LogP contribution in [-0.4, -0.2) is 37.0 Å². The van der Waals surface area contributed by atoms with Gasteiger partial charge >= 0.3 is 0 Å². The van der Waals surface area contributed by atoms with Gasteiger partial charge in [-0.05, 0) is 57.5 Å². The molecule has 0 aromatic rings. The second-order valence-corrected chi connectivity index (χ2v) is 5.96. The molecule has 108 valence electrons. The van der Waals surface area contributed by atoms with Crippen LogP contribution in [0.4, 0.5) is 0 Å². The Bertz CT molecular complexity index is 308. The summed E-state index contributed by atoms with van der Waals surface area (Å²) in [4.78, 5) is 14.8. The maximum absolute atomic E-state index is 12.6. The number of piperidine rings is 1. The molecule has 0 radical (unpaired) electrons. The quantitative estimate of drug-likeness (QED) is 0.774. The molecule has 1 N–H and O–H groups in total. The minimum Gasteiger partial charge on any atom is -0.342 e. The van der Waals surface area contributed by atoms with Crippen molar-refractivity contribution in [2.24, 2.45) is 11.8 Å². The van der Waals surface area contributed by atoms with Crippen molar-refractivity contribution in [3.8, 4) is 0 Å².